The summed E-state index contributed by atoms with van der Waals surface area (Å²) in [6, 6.07) is 77.1. The van der Waals surface area contributed by atoms with Crippen LogP contribution in [0.3, 0.4) is 0 Å². The van der Waals surface area contributed by atoms with E-state index >= 15 is 0 Å². The first kappa shape index (κ1) is 35.7. The molecule has 2 nitrogen and oxygen atoms in total. The predicted molar refractivity (Wildman–Crippen MR) is 280 cm³/mol. The summed E-state index contributed by atoms with van der Waals surface area (Å²) in [6.07, 6.45) is 0. The van der Waals surface area contributed by atoms with Gasteiger partial charge < -0.3 is 9.23 Å². The van der Waals surface area contributed by atoms with Crippen molar-refractivity contribution in [2.24, 2.45) is 0 Å². The van der Waals surface area contributed by atoms with E-state index in [0.29, 0.717) is 0 Å². The minimum atomic E-state index is -0.0199. The Morgan fingerprint density at radius 2 is 0.754 bits per heavy atom. The van der Waals surface area contributed by atoms with Crippen LogP contribution in [0.1, 0.15) is 0 Å². The third kappa shape index (κ3) is 5.22. The molecule has 0 unspecified atom stereocenters. The average molecular weight is 860 g/mol. The molecule has 0 bridgehead atoms. The molecule has 13 aromatic rings. The van der Waals surface area contributed by atoms with E-state index in [0.717, 1.165) is 21.9 Å². The van der Waals surface area contributed by atoms with Gasteiger partial charge in [0.05, 0.1) is 0 Å². The molecule has 15 rings (SSSR count). The molecule has 0 radical (unpaired) electrons. The molecule has 65 heavy (non-hydrogen) atoms. The van der Waals surface area contributed by atoms with Gasteiger partial charge in [-0.2, -0.15) is 0 Å². The minimum Gasteiger partial charge on any atom is -0.456 e. The van der Waals surface area contributed by atoms with Crippen molar-refractivity contribution in [1.29, 1.82) is 0 Å². The van der Waals surface area contributed by atoms with Crippen molar-refractivity contribution < 1.29 is 4.42 Å². The van der Waals surface area contributed by atoms with E-state index < -0.39 is 0 Å². The maximum atomic E-state index is 6.23. The summed E-state index contributed by atoms with van der Waals surface area (Å²) < 4.78 is 11.5. The first-order valence-corrected chi connectivity index (χ1v) is 23.9. The van der Waals surface area contributed by atoms with Gasteiger partial charge in [0.15, 0.2) is 0 Å². The van der Waals surface area contributed by atoms with Crippen LogP contribution in [0.4, 0.5) is 11.4 Å². The van der Waals surface area contributed by atoms with Crippen molar-refractivity contribution in [2.45, 2.75) is 0 Å². The molecule has 0 saturated carbocycles. The lowest BCUT2D eigenvalue weighted by Crippen LogP contribution is -2.59. The number of nitrogens with zero attached hydrogens (tertiary/aromatic N) is 1. The van der Waals surface area contributed by atoms with Crippen LogP contribution in [0.5, 0.6) is 0 Å². The second-order valence-corrected chi connectivity index (χ2v) is 19.7. The lowest BCUT2D eigenvalue weighted by atomic mass is 9.43. The number of anilines is 2. The normalized spacial score (nSPS) is 12.9. The number of fused-ring (bicyclic) bond motifs is 20. The Kier molecular flexibility index (Phi) is 7.37. The zero-order chi connectivity index (χ0) is 42.3. The summed E-state index contributed by atoms with van der Waals surface area (Å²) in [5.74, 6) is 0. The van der Waals surface area contributed by atoms with E-state index in [-0.39, 0.29) is 6.85 Å². The molecule has 10 aromatic carbocycles. The van der Waals surface area contributed by atoms with Gasteiger partial charge in [0.1, 0.15) is 11.2 Å². The Hall–Kier alpha value is -7.70. The lowest BCUT2D eigenvalue weighted by Gasteiger charge is -2.43. The lowest BCUT2D eigenvalue weighted by molar-refractivity contribution is 0.669. The van der Waals surface area contributed by atoms with Crippen molar-refractivity contribution >= 4 is 114 Å². The van der Waals surface area contributed by atoms with Crippen LogP contribution in [0.25, 0.3) is 118 Å². The quantitative estimate of drug-likeness (QED) is 0.165. The number of benzene rings is 10. The van der Waals surface area contributed by atoms with Crippen LogP contribution in [-0.2, 0) is 0 Å². The van der Waals surface area contributed by atoms with Gasteiger partial charge in [0, 0.05) is 73.6 Å². The largest absolute Gasteiger partial charge is 0.456 e. The SMILES string of the molecule is c1ccc2c(c1)-c1cc(-c3ccc4oc5ccccc5c4c3)ccc1B1c3ccc(-c4ccc5sc6ccccc6c5c4)cc3-c3cc(-c4ccc5sc6ccccc6c5c4)ccc3N12. The van der Waals surface area contributed by atoms with E-state index in [2.05, 4.69) is 205 Å². The first-order chi connectivity index (χ1) is 32.2. The van der Waals surface area contributed by atoms with Gasteiger partial charge in [0.25, 0.3) is 0 Å². The Balaban J connectivity index is 0.934. The number of hydrogen-bond donors (Lipinski definition) is 0. The summed E-state index contributed by atoms with van der Waals surface area (Å²) in [7, 11) is 0. The standard InChI is InChI=1S/C60H34BNOS2/c1-5-13-53-41(9-1)45-29-35(38-20-26-56-48(32-38)42-10-2-6-14-55(42)63-56)17-23-51(45)61-52-24-18-36(39-21-27-59-49(33-39)43-11-3-7-15-57(43)64-59)30-46(52)47-31-37(19-25-54(47)62(53)61)40-22-28-60-50(34-40)44-12-4-8-16-58(44)65-60/h1-34H. The highest BCUT2D eigenvalue weighted by Gasteiger charge is 2.42. The molecule has 3 aromatic heterocycles. The monoisotopic (exact) mass is 859 g/mol. The van der Waals surface area contributed by atoms with E-state index in [1.807, 2.05) is 28.7 Å². The maximum Gasteiger partial charge on any atom is 0.329 e. The topological polar surface area (TPSA) is 16.4 Å². The van der Waals surface area contributed by atoms with Crippen LogP contribution in [0, 0.1) is 0 Å². The molecule has 0 amide bonds. The summed E-state index contributed by atoms with van der Waals surface area (Å²) in [4.78, 5) is 2.61. The summed E-state index contributed by atoms with van der Waals surface area (Å²) >= 11 is 3.74. The molecule has 5 heteroatoms. The van der Waals surface area contributed by atoms with Gasteiger partial charge in [-0.25, -0.2) is 0 Å². The molecule has 2 aliphatic heterocycles. The fourth-order valence-corrected chi connectivity index (χ4v) is 13.2. The molecule has 2 aliphatic rings. The fraction of sp³-hybridized carbons (Fsp3) is 0. The summed E-state index contributed by atoms with van der Waals surface area (Å²) in [5.41, 5.74) is 19.3. The van der Waals surface area contributed by atoms with E-state index in [1.165, 1.54) is 118 Å². The second kappa shape index (κ2) is 13.4. The van der Waals surface area contributed by atoms with Gasteiger partial charge in [0.2, 0.25) is 0 Å². The zero-order valence-electron chi connectivity index (χ0n) is 34.9. The van der Waals surface area contributed by atoms with Gasteiger partial charge in [-0.15, -0.1) is 22.7 Å². The molecular weight excluding hydrogens is 826 g/mol. The predicted octanol–water partition coefficient (Wildman–Crippen LogP) is 16.2. The average Bonchev–Trinajstić information content (AvgIpc) is 4.06. The van der Waals surface area contributed by atoms with Crippen molar-refractivity contribution in [3.05, 3.63) is 206 Å². The summed E-state index contributed by atoms with van der Waals surface area (Å²) in [6.45, 7) is -0.0199. The second-order valence-electron chi connectivity index (χ2n) is 17.6. The third-order valence-corrected chi connectivity index (χ3v) is 16.4. The van der Waals surface area contributed by atoms with Crippen molar-refractivity contribution in [3.8, 4) is 55.6 Å². The minimum absolute atomic E-state index is 0.0199. The molecule has 5 heterocycles. The Morgan fingerprint density at radius 1 is 0.308 bits per heavy atom. The number of para-hydroxylation sites is 2. The molecular formula is C60H34BNOS2. The highest BCUT2D eigenvalue weighted by Crippen LogP contribution is 2.49. The van der Waals surface area contributed by atoms with Crippen LogP contribution < -0.4 is 15.7 Å². The first-order valence-electron chi connectivity index (χ1n) is 22.2. The number of rotatable bonds is 3. The van der Waals surface area contributed by atoms with Crippen LogP contribution in [0.15, 0.2) is 211 Å². The zero-order valence-corrected chi connectivity index (χ0v) is 36.5. The highest BCUT2D eigenvalue weighted by molar-refractivity contribution is 7.26. The Bertz CT molecular complexity index is 4170. The molecule has 300 valence electrons. The van der Waals surface area contributed by atoms with E-state index in [1.54, 1.807) is 0 Å². The van der Waals surface area contributed by atoms with Crippen molar-refractivity contribution in [3.63, 3.8) is 0 Å². The number of furan rings is 1. The summed E-state index contributed by atoms with van der Waals surface area (Å²) in [5, 5.41) is 7.57. The molecule has 0 spiro atoms. The smallest absolute Gasteiger partial charge is 0.329 e. The fourth-order valence-electron chi connectivity index (χ4n) is 11.0. The molecule has 0 fully saturated rings. The molecule has 0 aliphatic carbocycles. The number of hydrogen-bond acceptors (Lipinski definition) is 4. The Morgan fingerprint density at radius 3 is 1.43 bits per heavy atom. The number of thiophene rings is 2. The van der Waals surface area contributed by atoms with Gasteiger partial charge >= 0.3 is 6.85 Å². The van der Waals surface area contributed by atoms with Crippen LogP contribution in [0.2, 0.25) is 0 Å². The van der Waals surface area contributed by atoms with Crippen LogP contribution in [-0.4, -0.2) is 6.85 Å². The van der Waals surface area contributed by atoms with Crippen LogP contribution >= 0.6 is 22.7 Å². The highest BCUT2D eigenvalue weighted by atomic mass is 32.1. The van der Waals surface area contributed by atoms with E-state index in [4.69, 9.17) is 4.42 Å². The maximum absolute atomic E-state index is 6.23. The van der Waals surface area contributed by atoms with Crippen molar-refractivity contribution in [2.75, 3.05) is 4.81 Å². The van der Waals surface area contributed by atoms with E-state index in [9.17, 15) is 0 Å². The van der Waals surface area contributed by atoms with Crippen molar-refractivity contribution in [1.82, 2.24) is 0 Å². The Labute approximate surface area is 383 Å². The third-order valence-electron chi connectivity index (χ3n) is 14.1. The molecule has 0 N–H and O–H groups in total. The van der Waals surface area contributed by atoms with Gasteiger partial charge in [-0.3, -0.25) is 0 Å². The molecule has 0 saturated heterocycles. The van der Waals surface area contributed by atoms with Gasteiger partial charge in [-0.1, -0.05) is 121 Å². The van der Waals surface area contributed by atoms with Gasteiger partial charge in [-0.05, 0) is 140 Å². The molecule has 0 atom stereocenters.